The molecule has 8 nitrogen and oxygen atoms in total. The van der Waals surface area contributed by atoms with Crippen LogP contribution in [-0.2, 0) is 33.4 Å². The number of nitrogens with zero attached hydrogens (tertiary/aromatic N) is 3. The number of benzene rings is 2. The number of sulfone groups is 1. The number of nitrogens with one attached hydrogen (secondary N) is 1. The molecule has 192 valence electrons. The van der Waals surface area contributed by atoms with Crippen LogP contribution in [0.15, 0.2) is 66.0 Å². The van der Waals surface area contributed by atoms with Gasteiger partial charge in [-0.1, -0.05) is 30.3 Å². The monoisotopic (exact) mass is 528 g/mol. The molecule has 3 aromatic rings. The van der Waals surface area contributed by atoms with Crippen molar-refractivity contribution in [3.63, 3.8) is 0 Å². The average Bonchev–Trinajstić information content (AvgIpc) is 3.60. The van der Waals surface area contributed by atoms with Gasteiger partial charge in [-0.15, -0.1) is 0 Å². The number of ether oxygens (including phenoxy) is 2. The second kappa shape index (κ2) is 11.9. The van der Waals surface area contributed by atoms with E-state index in [0.29, 0.717) is 30.7 Å². The van der Waals surface area contributed by atoms with E-state index in [1.807, 2.05) is 54.6 Å². The molecule has 1 N–H and O–H groups in total. The summed E-state index contributed by atoms with van der Waals surface area (Å²) >= 11 is 5.77. The van der Waals surface area contributed by atoms with Gasteiger partial charge in [0.15, 0.2) is 5.11 Å². The molecule has 0 saturated heterocycles. The molecule has 0 atom stereocenters. The number of thiocarbonyl (C=S) groups is 1. The Kier molecular flexibility index (Phi) is 8.60. The molecule has 1 aromatic heterocycles. The SMILES string of the molecule is COCCn1c(CN(CC2CC2)C(=S)Nc2ccc(OC)cc2)cnc1S(=O)(=O)Cc1ccccc1. The van der Waals surface area contributed by atoms with Crippen LogP contribution in [0.2, 0.25) is 0 Å². The summed E-state index contributed by atoms with van der Waals surface area (Å²) < 4.78 is 38.9. The zero-order valence-electron chi connectivity index (χ0n) is 20.6. The molecule has 0 amide bonds. The molecular weight excluding hydrogens is 496 g/mol. The molecule has 1 aliphatic rings. The zero-order chi connectivity index (χ0) is 25.5. The lowest BCUT2D eigenvalue weighted by atomic mass is 10.2. The summed E-state index contributed by atoms with van der Waals surface area (Å²) in [6.45, 7) is 1.99. The molecule has 0 spiro atoms. The lowest BCUT2D eigenvalue weighted by molar-refractivity contribution is 0.182. The summed E-state index contributed by atoms with van der Waals surface area (Å²) in [4.78, 5) is 6.45. The third kappa shape index (κ3) is 6.83. The molecule has 0 aliphatic heterocycles. The first kappa shape index (κ1) is 26.1. The molecule has 1 aliphatic carbocycles. The molecule has 2 aromatic carbocycles. The molecule has 0 bridgehead atoms. The van der Waals surface area contributed by atoms with Crippen LogP contribution in [0.4, 0.5) is 5.69 Å². The van der Waals surface area contributed by atoms with Crippen LogP contribution < -0.4 is 10.1 Å². The number of hydrogen-bond donors (Lipinski definition) is 1. The lowest BCUT2D eigenvalue weighted by Gasteiger charge is -2.26. The van der Waals surface area contributed by atoms with E-state index in [4.69, 9.17) is 21.7 Å². The summed E-state index contributed by atoms with van der Waals surface area (Å²) in [5.74, 6) is 1.24. The van der Waals surface area contributed by atoms with Crippen LogP contribution in [0.5, 0.6) is 5.75 Å². The van der Waals surface area contributed by atoms with Crippen LogP contribution in [0.1, 0.15) is 24.1 Å². The number of hydrogen-bond acceptors (Lipinski definition) is 6. The van der Waals surface area contributed by atoms with Crippen molar-refractivity contribution in [2.45, 2.75) is 36.8 Å². The van der Waals surface area contributed by atoms with E-state index in [2.05, 4.69) is 15.2 Å². The largest absolute Gasteiger partial charge is 0.497 e. The highest BCUT2D eigenvalue weighted by atomic mass is 32.2. The van der Waals surface area contributed by atoms with Gasteiger partial charge in [0.1, 0.15) is 5.75 Å². The number of aromatic nitrogens is 2. The van der Waals surface area contributed by atoms with Crippen molar-refractivity contribution < 1.29 is 17.9 Å². The van der Waals surface area contributed by atoms with Gasteiger partial charge >= 0.3 is 0 Å². The minimum absolute atomic E-state index is 0.0545. The van der Waals surface area contributed by atoms with Crippen LogP contribution in [-0.4, -0.2) is 55.4 Å². The van der Waals surface area contributed by atoms with E-state index in [9.17, 15) is 8.42 Å². The van der Waals surface area contributed by atoms with E-state index in [-0.39, 0.29) is 10.9 Å². The standard InChI is InChI=1S/C26H32N4O4S2/c1-33-15-14-30-23(16-27-26(30)36(31,32)19-21-6-4-3-5-7-21)18-29(17-20-8-9-20)25(35)28-22-10-12-24(34-2)13-11-22/h3-7,10-13,16,20H,8-9,14-15,17-19H2,1-2H3,(H,28,35). The fraction of sp³-hybridized carbons (Fsp3) is 0.385. The molecule has 36 heavy (non-hydrogen) atoms. The van der Waals surface area contributed by atoms with E-state index in [1.54, 1.807) is 25.0 Å². The highest BCUT2D eigenvalue weighted by Gasteiger charge is 2.28. The molecule has 1 saturated carbocycles. The van der Waals surface area contributed by atoms with Crippen LogP contribution >= 0.6 is 12.2 Å². The minimum atomic E-state index is -3.66. The van der Waals surface area contributed by atoms with Crippen molar-refractivity contribution in [1.82, 2.24) is 14.5 Å². The predicted octanol–water partition coefficient (Wildman–Crippen LogP) is 4.12. The Labute approximate surface area is 218 Å². The van der Waals surface area contributed by atoms with Gasteiger partial charge in [0.25, 0.3) is 0 Å². The molecule has 10 heteroatoms. The Bertz CT molecular complexity index is 1260. The van der Waals surface area contributed by atoms with Gasteiger partial charge in [0.2, 0.25) is 15.0 Å². The van der Waals surface area contributed by atoms with Crippen molar-refractivity contribution in [3.05, 3.63) is 72.1 Å². The van der Waals surface area contributed by atoms with Gasteiger partial charge in [-0.25, -0.2) is 13.4 Å². The average molecular weight is 529 g/mol. The van der Waals surface area contributed by atoms with Gasteiger partial charge < -0.3 is 24.3 Å². The fourth-order valence-corrected chi connectivity index (χ4v) is 5.73. The summed E-state index contributed by atoms with van der Waals surface area (Å²) in [7, 11) is -0.428. The Morgan fingerprint density at radius 2 is 1.86 bits per heavy atom. The Morgan fingerprint density at radius 1 is 1.14 bits per heavy atom. The first-order chi connectivity index (χ1) is 17.4. The first-order valence-electron chi connectivity index (χ1n) is 11.9. The Hall–Kier alpha value is -2.95. The minimum Gasteiger partial charge on any atom is -0.497 e. The molecule has 0 unspecified atom stereocenters. The van der Waals surface area contributed by atoms with Gasteiger partial charge in [-0.2, -0.15) is 0 Å². The summed E-state index contributed by atoms with van der Waals surface area (Å²) in [5, 5.41) is 3.95. The smallest absolute Gasteiger partial charge is 0.228 e. The number of anilines is 1. The Morgan fingerprint density at radius 3 is 2.50 bits per heavy atom. The second-order valence-electron chi connectivity index (χ2n) is 8.90. The van der Waals surface area contributed by atoms with Crippen LogP contribution in [0, 0.1) is 5.92 Å². The van der Waals surface area contributed by atoms with Crippen molar-refractivity contribution >= 4 is 32.9 Å². The van der Waals surface area contributed by atoms with Gasteiger partial charge in [-0.3, -0.25) is 0 Å². The Balaban J connectivity index is 1.56. The van der Waals surface area contributed by atoms with E-state index in [1.165, 1.54) is 12.8 Å². The number of imidazole rings is 1. The van der Waals surface area contributed by atoms with Crippen molar-refractivity contribution in [2.75, 3.05) is 32.7 Å². The molecule has 1 fully saturated rings. The van der Waals surface area contributed by atoms with Crippen molar-refractivity contribution in [1.29, 1.82) is 0 Å². The van der Waals surface area contributed by atoms with Crippen LogP contribution in [0.3, 0.4) is 0 Å². The molecular formula is C26H32N4O4S2. The van der Waals surface area contributed by atoms with Crippen molar-refractivity contribution in [2.24, 2.45) is 5.92 Å². The second-order valence-corrected chi connectivity index (χ2v) is 11.2. The lowest BCUT2D eigenvalue weighted by Crippen LogP contribution is -2.36. The third-order valence-corrected chi connectivity index (χ3v) is 8.01. The highest BCUT2D eigenvalue weighted by Crippen LogP contribution is 2.31. The van der Waals surface area contributed by atoms with Gasteiger partial charge in [0.05, 0.1) is 37.9 Å². The third-order valence-electron chi connectivity index (χ3n) is 6.06. The van der Waals surface area contributed by atoms with E-state index >= 15 is 0 Å². The first-order valence-corrected chi connectivity index (χ1v) is 14.0. The summed E-state index contributed by atoms with van der Waals surface area (Å²) in [6, 6.07) is 16.7. The highest BCUT2D eigenvalue weighted by molar-refractivity contribution is 7.90. The maximum Gasteiger partial charge on any atom is 0.228 e. The quantitative estimate of drug-likeness (QED) is 0.352. The maximum atomic E-state index is 13.3. The van der Waals surface area contributed by atoms with Crippen LogP contribution in [0.25, 0.3) is 0 Å². The summed E-state index contributed by atoms with van der Waals surface area (Å²) in [6.07, 6.45) is 3.98. The zero-order valence-corrected chi connectivity index (χ0v) is 22.2. The normalized spacial score (nSPS) is 13.4. The van der Waals surface area contributed by atoms with Gasteiger partial charge in [0, 0.05) is 25.9 Å². The van der Waals surface area contributed by atoms with E-state index < -0.39 is 9.84 Å². The number of rotatable bonds is 12. The number of methoxy groups -OCH3 is 2. The fourth-order valence-electron chi connectivity index (χ4n) is 3.95. The predicted molar refractivity (Wildman–Crippen MR) is 144 cm³/mol. The summed E-state index contributed by atoms with van der Waals surface area (Å²) in [5.41, 5.74) is 2.36. The van der Waals surface area contributed by atoms with Gasteiger partial charge in [-0.05, 0) is 60.8 Å². The molecule has 0 radical (unpaired) electrons. The molecule has 4 rings (SSSR count). The van der Waals surface area contributed by atoms with E-state index in [0.717, 1.165) is 29.2 Å². The molecule has 1 heterocycles. The maximum absolute atomic E-state index is 13.3. The topological polar surface area (TPSA) is 85.7 Å². The van der Waals surface area contributed by atoms with Crippen molar-refractivity contribution in [3.8, 4) is 5.75 Å².